The molecule has 1 heterocycles. The van der Waals surface area contributed by atoms with E-state index in [9.17, 15) is 27.9 Å². The summed E-state index contributed by atoms with van der Waals surface area (Å²) in [5.41, 5.74) is -1.10. The molecule has 1 saturated heterocycles. The van der Waals surface area contributed by atoms with Crippen LogP contribution in [0.1, 0.15) is 36.5 Å². The van der Waals surface area contributed by atoms with E-state index in [1.807, 2.05) is 0 Å². The molecule has 1 fully saturated rings. The van der Waals surface area contributed by atoms with E-state index in [0.29, 0.717) is 42.9 Å². The van der Waals surface area contributed by atoms with Crippen LogP contribution in [-0.4, -0.2) is 36.0 Å². The molecule has 0 saturated carbocycles. The zero-order chi connectivity index (χ0) is 24.1. The lowest BCUT2D eigenvalue weighted by Gasteiger charge is -2.24. The second-order valence-corrected chi connectivity index (χ2v) is 7.58. The van der Waals surface area contributed by atoms with E-state index in [4.69, 9.17) is 14.2 Å². The molecule has 1 aliphatic rings. The lowest BCUT2D eigenvalue weighted by molar-refractivity contribution is -0.159. The number of carboxylic acid groups (broad SMARTS) is 1. The van der Waals surface area contributed by atoms with Crippen molar-refractivity contribution in [2.75, 3.05) is 18.5 Å². The number of carboxylic acids is 1. The molecule has 178 valence electrons. The molecule has 0 spiro atoms. The van der Waals surface area contributed by atoms with Crippen LogP contribution < -0.4 is 10.1 Å². The molecule has 1 atom stereocenters. The topological polar surface area (TPSA) is 94.1 Å². The molecular weight excluding hydrogens is 443 g/mol. The molecule has 2 aromatic carbocycles. The van der Waals surface area contributed by atoms with E-state index in [0.717, 1.165) is 12.1 Å². The number of alkyl halides is 3. The number of benzene rings is 2. The first-order chi connectivity index (χ1) is 15.6. The highest BCUT2D eigenvalue weighted by molar-refractivity contribution is 5.84. The number of ether oxygens (including phenoxy) is 3. The number of halogens is 3. The number of anilines is 1. The standard InChI is InChI=1S/C23H24F3NO6/c1-2-31-19-8-7-15(13-22(20(28)29)9-4-10-33-22)11-16(19)14-32-21(30)27-18-6-3-5-17(12-18)23(24,25)26/h3,5-8,11-12H,2,4,9-10,13-14H2,1H3,(H,27,30)(H,28,29). The van der Waals surface area contributed by atoms with Crippen molar-refractivity contribution in [3.63, 3.8) is 0 Å². The lowest BCUT2D eigenvalue weighted by atomic mass is 9.91. The van der Waals surface area contributed by atoms with Crippen molar-refractivity contribution in [1.82, 2.24) is 0 Å². The van der Waals surface area contributed by atoms with Gasteiger partial charge in [0, 0.05) is 24.3 Å². The SMILES string of the molecule is CCOc1ccc(CC2(C(=O)O)CCCO2)cc1COC(=O)Nc1cccc(C(F)(F)F)c1. The molecule has 2 N–H and O–H groups in total. The maximum atomic E-state index is 12.8. The number of aliphatic carboxylic acids is 1. The van der Waals surface area contributed by atoms with Gasteiger partial charge in [-0.15, -0.1) is 0 Å². The Hall–Kier alpha value is -3.27. The molecule has 1 unspecified atom stereocenters. The Morgan fingerprint density at radius 3 is 2.64 bits per heavy atom. The van der Waals surface area contributed by atoms with E-state index >= 15 is 0 Å². The molecule has 3 rings (SSSR count). The van der Waals surface area contributed by atoms with Crippen LogP contribution in [0.4, 0.5) is 23.7 Å². The van der Waals surface area contributed by atoms with Gasteiger partial charge in [-0.2, -0.15) is 13.2 Å². The number of hydrogen-bond acceptors (Lipinski definition) is 5. The predicted octanol–water partition coefficient (Wildman–Crippen LogP) is 5.03. The van der Waals surface area contributed by atoms with Crippen LogP contribution >= 0.6 is 0 Å². The Labute approximate surface area is 188 Å². The zero-order valence-corrected chi connectivity index (χ0v) is 17.9. The Balaban J connectivity index is 1.70. The molecular formula is C23H24F3NO6. The minimum atomic E-state index is -4.54. The van der Waals surface area contributed by atoms with Crippen LogP contribution in [0, 0.1) is 0 Å². The second kappa shape index (κ2) is 10.1. The van der Waals surface area contributed by atoms with Crippen LogP contribution in [0.2, 0.25) is 0 Å². The van der Waals surface area contributed by atoms with Gasteiger partial charge in [0.2, 0.25) is 0 Å². The molecule has 0 radical (unpaired) electrons. The molecule has 0 aliphatic carbocycles. The molecule has 33 heavy (non-hydrogen) atoms. The zero-order valence-electron chi connectivity index (χ0n) is 17.9. The molecule has 7 nitrogen and oxygen atoms in total. The fourth-order valence-corrected chi connectivity index (χ4v) is 3.63. The van der Waals surface area contributed by atoms with Crippen LogP contribution in [0.3, 0.4) is 0 Å². The normalized spacial score (nSPS) is 18.1. The monoisotopic (exact) mass is 467 g/mol. The smallest absolute Gasteiger partial charge is 0.416 e. The fourth-order valence-electron chi connectivity index (χ4n) is 3.63. The third-order valence-corrected chi connectivity index (χ3v) is 5.20. The first kappa shape index (κ1) is 24.4. The molecule has 0 bridgehead atoms. The average Bonchev–Trinajstić information content (AvgIpc) is 3.23. The number of amides is 1. The van der Waals surface area contributed by atoms with Crippen molar-refractivity contribution in [2.45, 2.75) is 44.6 Å². The van der Waals surface area contributed by atoms with Crippen LogP contribution in [0.15, 0.2) is 42.5 Å². The minimum absolute atomic E-state index is 0.0598. The van der Waals surface area contributed by atoms with Gasteiger partial charge in [-0.05, 0) is 55.7 Å². The number of hydrogen-bond donors (Lipinski definition) is 2. The van der Waals surface area contributed by atoms with Gasteiger partial charge in [-0.25, -0.2) is 9.59 Å². The summed E-state index contributed by atoms with van der Waals surface area (Å²) in [6, 6.07) is 9.26. The summed E-state index contributed by atoms with van der Waals surface area (Å²) >= 11 is 0. The number of nitrogens with one attached hydrogen (secondary N) is 1. The van der Waals surface area contributed by atoms with E-state index in [1.54, 1.807) is 25.1 Å². The van der Waals surface area contributed by atoms with E-state index in [1.165, 1.54) is 12.1 Å². The predicted molar refractivity (Wildman–Crippen MR) is 112 cm³/mol. The van der Waals surface area contributed by atoms with E-state index in [-0.39, 0.29) is 18.7 Å². The lowest BCUT2D eigenvalue weighted by Crippen LogP contribution is -2.40. The summed E-state index contributed by atoms with van der Waals surface area (Å²) in [5, 5.41) is 11.9. The first-order valence-corrected chi connectivity index (χ1v) is 10.4. The van der Waals surface area contributed by atoms with Gasteiger partial charge in [-0.1, -0.05) is 12.1 Å². The molecule has 2 aromatic rings. The van der Waals surface area contributed by atoms with Gasteiger partial charge in [0.25, 0.3) is 0 Å². The molecule has 0 aromatic heterocycles. The third-order valence-electron chi connectivity index (χ3n) is 5.20. The average molecular weight is 467 g/mol. The largest absolute Gasteiger partial charge is 0.493 e. The summed E-state index contributed by atoms with van der Waals surface area (Å²) < 4.78 is 54.8. The second-order valence-electron chi connectivity index (χ2n) is 7.58. The Bertz CT molecular complexity index is 1000. The van der Waals surface area contributed by atoms with Crippen molar-refractivity contribution in [3.05, 3.63) is 59.2 Å². The summed E-state index contributed by atoms with van der Waals surface area (Å²) in [4.78, 5) is 23.9. The number of carbonyl (C=O) groups is 2. The Morgan fingerprint density at radius 2 is 2.00 bits per heavy atom. The van der Waals surface area contributed by atoms with E-state index in [2.05, 4.69) is 5.32 Å². The van der Waals surface area contributed by atoms with Gasteiger partial charge >= 0.3 is 18.2 Å². The van der Waals surface area contributed by atoms with Crippen molar-refractivity contribution >= 4 is 17.7 Å². The van der Waals surface area contributed by atoms with Crippen LogP contribution in [0.25, 0.3) is 0 Å². The maximum Gasteiger partial charge on any atom is 0.416 e. The molecule has 10 heteroatoms. The number of carbonyl (C=O) groups excluding carboxylic acids is 1. The fraction of sp³-hybridized carbons (Fsp3) is 0.391. The maximum absolute atomic E-state index is 12.8. The van der Waals surface area contributed by atoms with Crippen molar-refractivity contribution in [2.24, 2.45) is 0 Å². The Morgan fingerprint density at radius 1 is 1.21 bits per heavy atom. The highest BCUT2D eigenvalue weighted by atomic mass is 19.4. The summed E-state index contributed by atoms with van der Waals surface area (Å²) in [7, 11) is 0. The first-order valence-electron chi connectivity index (χ1n) is 10.4. The van der Waals surface area contributed by atoms with Gasteiger partial charge < -0.3 is 19.3 Å². The highest BCUT2D eigenvalue weighted by Crippen LogP contribution is 2.32. The van der Waals surface area contributed by atoms with Gasteiger partial charge in [0.05, 0.1) is 12.2 Å². The van der Waals surface area contributed by atoms with Crippen molar-refractivity contribution < 1.29 is 42.1 Å². The van der Waals surface area contributed by atoms with Gasteiger partial charge in [0.1, 0.15) is 12.4 Å². The summed E-state index contributed by atoms with van der Waals surface area (Å²) in [5.74, 6) is -0.586. The summed E-state index contributed by atoms with van der Waals surface area (Å²) in [6.45, 7) is 2.28. The van der Waals surface area contributed by atoms with Crippen LogP contribution in [0.5, 0.6) is 5.75 Å². The van der Waals surface area contributed by atoms with E-state index < -0.39 is 29.4 Å². The van der Waals surface area contributed by atoms with Crippen LogP contribution in [-0.2, 0) is 33.5 Å². The summed E-state index contributed by atoms with van der Waals surface area (Å²) in [6.07, 6.45) is -4.30. The number of rotatable bonds is 8. The minimum Gasteiger partial charge on any atom is -0.493 e. The van der Waals surface area contributed by atoms with Crippen molar-refractivity contribution in [1.29, 1.82) is 0 Å². The highest BCUT2D eigenvalue weighted by Gasteiger charge is 2.43. The van der Waals surface area contributed by atoms with Crippen molar-refractivity contribution in [3.8, 4) is 5.75 Å². The molecule has 1 aliphatic heterocycles. The quantitative estimate of drug-likeness (QED) is 0.566. The van der Waals surface area contributed by atoms with Gasteiger partial charge in [-0.3, -0.25) is 5.32 Å². The third kappa shape index (κ3) is 6.16. The van der Waals surface area contributed by atoms with Gasteiger partial charge in [0.15, 0.2) is 5.60 Å². The Kier molecular flexibility index (Phi) is 7.47. The molecule has 1 amide bonds.